The second kappa shape index (κ2) is 7.49. The van der Waals surface area contributed by atoms with Gasteiger partial charge in [-0.05, 0) is 49.8 Å². The normalized spacial score (nSPS) is 23.6. The van der Waals surface area contributed by atoms with Gasteiger partial charge in [-0.2, -0.15) is 0 Å². The van der Waals surface area contributed by atoms with Crippen LogP contribution in [0.25, 0.3) is 0 Å². The first kappa shape index (κ1) is 17.2. The van der Waals surface area contributed by atoms with Gasteiger partial charge in [0, 0.05) is 6.54 Å². The van der Waals surface area contributed by atoms with E-state index in [0.717, 1.165) is 18.4 Å². The fourth-order valence-electron chi connectivity index (χ4n) is 3.30. The molecule has 0 radical (unpaired) electrons. The fourth-order valence-corrected chi connectivity index (χ4v) is 3.30. The molecule has 0 aromatic heterocycles. The van der Waals surface area contributed by atoms with E-state index in [9.17, 15) is 14.3 Å². The van der Waals surface area contributed by atoms with Crippen molar-refractivity contribution in [1.29, 1.82) is 0 Å². The van der Waals surface area contributed by atoms with Gasteiger partial charge in [0.15, 0.2) is 0 Å². The minimum absolute atomic E-state index is 0.0897. The highest BCUT2D eigenvalue weighted by molar-refractivity contribution is 5.75. The maximum absolute atomic E-state index is 13.2. The third-order valence-corrected chi connectivity index (χ3v) is 4.70. The summed E-state index contributed by atoms with van der Waals surface area (Å²) in [6, 6.07) is 6.00. The number of morpholine rings is 1. The third-order valence-electron chi connectivity index (χ3n) is 4.70. The van der Waals surface area contributed by atoms with Crippen molar-refractivity contribution in [2.45, 2.75) is 44.4 Å². The molecule has 0 bridgehead atoms. The Hall–Kier alpha value is -1.66. The molecule has 0 spiro atoms. The van der Waals surface area contributed by atoms with Crippen LogP contribution < -0.4 is 5.32 Å². The molecule has 1 aliphatic carbocycles. The second-order valence-corrected chi connectivity index (χ2v) is 6.82. The van der Waals surface area contributed by atoms with Gasteiger partial charge in [0.25, 0.3) is 0 Å². The van der Waals surface area contributed by atoms with E-state index < -0.39 is 6.10 Å². The predicted molar refractivity (Wildman–Crippen MR) is 88.0 cm³/mol. The second-order valence-electron chi connectivity index (χ2n) is 6.82. The monoisotopic (exact) mass is 336 g/mol. The van der Waals surface area contributed by atoms with Crippen LogP contribution >= 0.6 is 0 Å². The number of ether oxygens (including phenoxy) is 1. The van der Waals surface area contributed by atoms with E-state index in [2.05, 4.69) is 5.32 Å². The van der Waals surface area contributed by atoms with E-state index in [1.54, 1.807) is 24.0 Å². The van der Waals surface area contributed by atoms with Crippen LogP contribution in [-0.4, -0.2) is 47.9 Å². The average molecular weight is 336 g/mol. The molecule has 1 saturated heterocycles. The topological polar surface area (TPSA) is 61.8 Å². The minimum atomic E-state index is -0.483. The number of aliphatic hydroxyl groups excluding tert-OH is 1. The zero-order chi connectivity index (χ0) is 17.1. The summed E-state index contributed by atoms with van der Waals surface area (Å²) < 4.78 is 18.6. The number of nitrogens with zero attached hydrogens (tertiary/aromatic N) is 1. The van der Waals surface area contributed by atoms with Gasteiger partial charge in [0.05, 0.1) is 31.4 Å². The lowest BCUT2D eigenvalue weighted by molar-refractivity contribution is -0.00497. The summed E-state index contributed by atoms with van der Waals surface area (Å²) in [6.45, 7) is 3.19. The highest BCUT2D eigenvalue weighted by Gasteiger charge is 2.36. The minimum Gasteiger partial charge on any atom is -0.393 e. The Morgan fingerprint density at radius 1 is 1.42 bits per heavy atom. The zero-order valence-corrected chi connectivity index (χ0v) is 14.0. The first-order valence-electron chi connectivity index (χ1n) is 8.63. The zero-order valence-electron chi connectivity index (χ0n) is 14.0. The number of hydrogen-bond acceptors (Lipinski definition) is 3. The molecule has 1 aromatic rings. The van der Waals surface area contributed by atoms with Crippen molar-refractivity contribution in [3.8, 4) is 0 Å². The number of amides is 2. The number of urea groups is 1. The number of aliphatic hydroxyl groups is 1. The van der Waals surface area contributed by atoms with E-state index in [-0.39, 0.29) is 23.9 Å². The summed E-state index contributed by atoms with van der Waals surface area (Å²) in [6.07, 6.45) is 2.16. The lowest BCUT2D eigenvalue weighted by Gasteiger charge is -2.37. The summed E-state index contributed by atoms with van der Waals surface area (Å²) in [4.78, 5) is 14.5. The molecule has 1 saturated carbocycles. The third kappa shape index (κ3) is 4.24. The van der Waals surface area contributed by atoms with Crippen LogP contribution in [0, 0.1) is 11.7 Å². The van der Waals surface area contributed by atoms with Crippen LogP contribution in [0.2, 0.25) is 0 Å². The molecule has 3 atom stereocenters. The van der Waals surface area contributed by atoms with E-state index in [1.165, 1.54) is 12.1 Å². The maximum atomic E-state index is 13.2. The van der Waals surface area contributed by atoms with Gasteiger partial charge in [-0.25, -0.2) is 9.18 Å². The van der Waals surface area contributed by atoms with Crippen LogP contribution in [-0.2, 0) is 4.74 Å². The first-order chi connectivity index (χ1) is 11.5. The largest absolute Gasteiger partial charge is 0.393 e. The molecule has 6 heteroatoms. The van der Waals surface area contributed by atoms with Gasteiger partial charge in [-0.1, -0.05) is 12.1 Å². The summed E-state index contributed by atoms with van der Waals surface area (Å²) in [5.41, 5.74) is 0.938. The van der Waals surface area contributed by atoms with Gasteiger partial charge in [0.1, 0.15) is 5.82 Å². The standard InChI is InChI=1S/C18H25FN2O3/c1-12(22)10-16-11-24-9-8-21(16)18(23)20-17(13-2-3-13)14-4-6-15(19)7-5-14/h4-7,12-13,16-17,22H,2-3,8-11H2,1H3,(H,20,23)/t12-,16-,17+/m0/s1. The molecule has 1 aliphatic heterocycles. The number of halogens is 1. The number of rotatable bonds is 5. The van der Waals surface area contributed by atoms with Crippen molar-refractivity contribution in [3.05, 3.63) is 35.6 Å². The summed E-state index contributed by atoms with van der Waals surface area (Å²) >= 11 is 0. The molecule has 3 rings (SSSR count). The summed E-state index contributed by atoms with van der Waals surface area (Å²) in [7, 11) is 0. The van der Waals surface area contributed by atoms with Crippen LogP contribution in [0.15, 0.2) is 24.3 Å². The number of carbonyl (C=O) groups is 1. The molecule has 5 nitrogen and oxygen atoms in total. The van der Waals surface area contributed by atoms with E-state index in [1.807, 2.05) is 0 Å². The highest BCUT2D eigenvalue weighted by atomic mass is 19.1. The van der Waals surface area contributed by atoms with Crippen LogP contribution in [0.4, 0.5) is 9.18 Å². The number of nitrogens with one attached hydrogen (secondary N) is 1. The molecule has 2 amide bonds. The molecule has 1 heterocycles. The molecule has 24 heavy (non-hydrogen) atoms. The van der Waals surface area contributed by atoms with E-state index in [0.29, 0.717) is 32.1 Å². The Balaban J connectivity index is 1.69. The highest BCUT2D eigenvalue weighted by Crippen LogP contribution is 2.41. The molecule has 132 valence electrons. The number of carbonyl (C=O) groups excluding carboxylic acids is 1. The van der Waals surface area contributed by atoms with Crippen molar-refractivity contribution in [2.75, 3.05) is 19.8 Å². The van der Waals surface area contributed by atoms with Crippen molar-refractivity contribution in [3.63, 3.8) is 0 Å². The van der Waals surface area contributed by atoms with Crippen molar-refractivity contribution in [2.24, 2.45) is 5.92 Å². The molecule has 2 N–H and O–H groups in total. The summed E-state index contributed by atoms with van der Waals surface area (Å²) in [5, 5.41) is 12.8. The Morgan fingerprint density at radius 2 is 2.12 bits per heavy atom. The molecule has 0 unspecified atom stereocenters. The quantitative estimate of drug-likeness (QED) is 0.868. The Bertz CT molecular complexity index is 560. The van der Waals surface area contributed by atoms with Crippen molar-refractivity contribution >= 4 is 6.03 Å². The van der Waals surface area contributed by atoms with Crippen molar-refractivity contribution < 1.29 is 19.0 Å². The predicted octanol–water partition coefficient (Wildman–Crippen LogP) is 2.46. The summed E-state index contributed by atoms with van der Waals surface area (Å²) in [5.74, 6) is 0.139. The first-order valence-corrected chi connectivity index (χ1v) is 8.63. The molecule has 1 aromatic carbocycles. The lowest BCUT2D eigenvalue weighted by Crippen LogP contribution is -2.54. The van der Waals surface area contributed by atoms with Crippen molar-refractivity contribution in [1.82, 2.24) is 10.2 Å². The molecular weight excluding hydrogens is 311 g/mol. The Morgan fingerprint density at radius 3 is 2.75 bits per heavy atom. The molecule has 2 aliphatic rings. The fraction of sp³-hybridized carbons (Fsp3) is 0.611. The van der Waals surface area contributed by atoms with Gasteiger partial charge < -0.3 is 20.1 Å². The SMILES string of the molecule is C[C@H](O)C[C@H]1COCCN1C(=O)N[C@@H](c1ccc(F)cc1)C1CC1. The number of benzene rings is 1. The van der Waals surface area contributed by atoms with Gasteiger partial charge in [-0.3, -0.25) is 0 Å². The van der Waals surface area contributed by atoms with Gasteiger partial charge in [0.2, 0.25) is 0 Å². The average Bonchev–Trinajstić information content (AvgIpc) is 3.38. The Labute approximate surface area is 141 Å². The molecule has 2 fully saturated rings. The Kier molecular flexibility index (Phi) is 5.36. The smallest absolute Gasteiger partial charge is 0.318 e. The van der Waals surface area contributed by atoms with Crippen LogP contribution in [0.1, 0.15) is 37.8 Å². The lowest BCUT2D eigenvalue weighted by atomic mass is 10.0. The van der Waals surface area contributed by atoms with Gasteiger partial charge >= 0.3 is 6.03 Å². The number of hydrogen-bond donors (Lipinski definition) is 2. The van der Waals surface area contributed by atoms with E-state index >= 15 is 0 Å². The van der Waals surface area contributed by atoms with Gasteiger partial charge in [-0.15, -0.1) is 0 Å². The van der Waals surface area contributed by atoms with E-state index in [4.69, 9.17) is 4.74 Å². The molecular formula is C18H25FN2O3. The van der Waals surface area contributed by atoms with Crippen LogP contribution in [0.3, 0.4) is 0 Å². The van der Waals surface area contributed by atoms with Crippen LogP contribution in [0.5, 0.6) is 0 Å². The maximum Gasteiger partial charge on any atom is 0.318 e.